The Bertz CT molecular complexity index is 1990. The van der Waals surface area contributed by atoms with Crippen LogP contribution in [0.25, 0.3) is 22.3 Å². The number of carboxylic acids is 1. The number of piperazine rings is 1. The second-order valence-corrected chi connectivity index (χ2v) is 14.7. The van der Waals surface area contributed by atoms with Crippen LogP contribution in [0.4, 0.5) is 5.82 Å². The maximum Gasteiger partial charge on any atom is 0.300 e. The quantitative estimate of drug-likeness (QED) is 0.202. The fourth-order valence-corrected chi connectivity index (χ4v) is 8.17. The Kier molecular flexibility index (Phi) is 10.9. The van der Waals surface area contributed by atoms with E-state index in [1.807, 2.05) is 54.6 Å². The number of likely N-dealkylation sites (N-methyl/N-ethyl adjacent to an activating group) is 1. The van der Waals surface area contributed by atoms with Gasteiger partial charge in [-0.2, -0.15) is 9.82 Å². The zero-order chi connectivity index (χ0) is 35.3. The lowest BCUT2D eigenvalue weighted by Crippen LogP contribution is -2.49. The lowest BCUT2D eigenvalue weighted by molar-refractivity contribution is -0.134. The van der Waals surface area contributed by atoms with Crippen molar-refractivity contribution in [2.75, 3.05) is 39.0 Å². The number of nitrogens with one attached hydrogen (secondary N) is 1. The summed E-state index contributed by atoms with van der Waals surface area (Å²) in [6, 6.07) is 26.2. The molecule has 3 aromatic carbocycles. The van der Waals surface area contributed by atoms with Gasteiger partial charge in [0.15, 0.2) is 5.65 Å². The highest BCUT2D eigenvalue weighted by atomic mass is 32.2. The van der Waals surface area contributed by atoms with E-state index < -0.39 is 22.0 Å². The number of sulfonamides is 1. The van der Waals surface area contributed by atoms with Crippen LogP contribution < -0.4 is 10.5 Å². The van der Waals surface area contributed by atoms with Crippen LogP contribution in [0.15, 0.2) is 96.2 Å². The number of nitrogens with zero attached hydrogens (tertiary/aromatic N) is 6. The first-order chi connectivity index (χ1) is 24.1. The molecule has 12 nitrogen and oxygen atoms in total. The second-order valence-electron chi connectivity index (χ2n) is 13.0. The summed E-state index contributed by atoms with van der Waals surface area (Å²) >= 11 is 0. The van der Waals surface area contributed by atoms with Crippen molar-refractivity contribution < 1.29 is 18.3 Å². The number of nitrogen functional groups attached to an aromatic ring is 1. The van der Waals surface area contributed by atoms with Crippen LogP contribution in [-0.2, 0) is 14.8 Å². The number of hydrogen-bond donors (Lipinski definition) is 3. The molecule has 1 aliphatic carbocycles. The SMILES string of the molecule is CC(=O)O.CN1CCN(C2CCC(n3nc(-c4ccc(C(NS(=O)(=O)c5ccccc5)c5ccccc5)cc4)c4c(N)ncnc43)CC2)CC1. The zero-order valence-corrected chi connectivity index (χ0v) is 29.2. The number of benzene rings is 3. The van der Waals surface area contributed by atoms with E-state index in [1.165, 1.54) is 6.33 Å². The van der Waals surface area contributed by atoms with Crippen LogP contribution in [-0.4, -0.2) is 88.3 Å². The maximum absolute atomic E-state index is 13.4. The molecule has 2 fully saturated rings. The third kappa shape index (κ3) is 8.02. The highest BCUT2D eigenvalue weighted by Gasteiger charge is 2.31. The number of aromatic nitrogens is 4. The standard InChI is InChI=1S/C35H40N8O2S.C2H4O2/c1-41-20-22-42(23-21-41)28-16-18-29(19-17-28)43-35-31(34(36)37-24-38-35)33(39-43)27-14-12-26(13-15-27)32(25-8-4-2-5-9-25)40-46(44,45)30-10-6-3-7-11-30;1-2(3)4/h2-15,24,28-29,32,40H,16-23H2,1H3,(H2,36,37,38);1H3,(H,3,4). The molecule has 1 saturated heterocycles. The van der Waals surface area contributed by atoms with Crippen LogP contribution in [0.2, 0.25) is 0 Å². The van der Waals surface area contributed by atoms with Gasteiger partial charge in [-0.25, -0.2) is 23.1 Å². The van der Waals surface area contributed by atoms with Gasteiger partial charge < -0.3 is 15.7 Å². The second kappa shape index (κ2) is 15.5. The van der Waals surface area contributed by atoms with Gasteiger partial charge in [0, 0.05) is 44.7 Å². The van der Waals surface area contributed by atoms with Gasteiger partial charge in [-0.15, -0.1) is 0 Å². The molecule has 0 bridgehead atoms. The molecule has 7 rings (SSSR count). The average molecular weight is 697 g/mol. The lowest BCUT2D eigenvalue weighted by Gasteiger charge is -2.41. The molecule has 1 unspecified atom stereocenters. The number of rotatable bonds is 8. The third-order valence-corrected chi connectivity index (χ3v) is 11.0. The van der Waals surface area contributed by atoms with Crippen molar-refractivity contribution in [3.8, 4) is 11.3 Å². The summed E-state index contributed by atoms with van der Waals surface area (Å²) in [5.74, 6) is -0.431. The minimum absolute atomic E-state index is 0.220. The predicted molar refractivity (Wildman–Crippen MR) is 194 cm³/mol. The summed E-state index contributed by atoms with van der Waals surface area (Å²) in [4.78, 5) is 23.2. The van der Waals surface area contributed by atoms with Crippen molar-refractivity contribution >= 4 is 32.8 Å². The number of carboxylic acid groups (broad SMARTS) is 1. The topological polar surface area (TPSA) is 160 Å². The number of hydrogen-bond acceptors (Lipinski definition) is 9. The van der Waals surface area contributed by atoms with E-state index in [-0.39, 0.29) is 10.9 Å². The summed E-state index contributed by atoms with van der Waals surface area (Å²) in [5.41, 5.74) is 10.5. The van der Waals surface area contributed by atoms with E-state index >= 15 is 0 Å². The van der Waals surface area contributed by atoms with E-state index in [2.05, 4.69) is 36.2 Å². The molecule has 1 atom stereocenters. The number of anilines is 1. The van der Waals surface area contributed by atoms with Crippen LogP contribution in [0, 0.1) is 0 Å². The van der Waals surface area contributed by atoms with Crippen LogP contribution in [0.5, 0.6) is 0 Å². The lowest BCUT2D eigenvalue weighted by atomic mass is 9.90. The van der Waals surface area contributed by atoms with Crippen molar-refractivity contribution in [1.29, 1.82) is 0 Å². The molecule has 3 heterocycles. The molecule has 1 aliphatic heterocycles. The molecule has 2 aliphatic rings. The minimum atomic E-state index is -3.78. The average Bonchev–Trinajstić information content (AvgIpc) is 3.53. The summed E-state index contributed by atoms with van der Waals surface area (Å²) in [7, 11) is -1.58. The molecule has 5 aromatic rings. The Labute approximate surface area is 293 Å². The Hall–Kier alpha value is -4.69. The Morgan fingerprint density at radius 3 is 2.02 bits per heavy atom. The smallest absolute Gasteiger partial charge is 0.300 e. The Morgan fingerprint density at radius 1 is 0.840 bits per heavy atom. The molecule has 0 amide bonds. The van der Waals surface area contributed by atoms with Crippen molar-refractivity contribution in [2.24, 2.45) is 0 Å². The fraction of sp³-hybridized carbons (Fsp3) is 0.351. The molecule has 0 radical (unpaired) electrons. The third-order valence-electron chi connectivity index (χ3n) is 9.56. The van der Waals surface area contributed by atoms with Crippen LogP contribution in [0.1, 0.15) is 55.8 Å². The highest BCUT2D eigenvalue weighted by Crippen LogP contribution is 2.37. The van der Waals surface area contributed by atoms with Crippen molar-refractivity contribution in [1.82, 2.24) is 34.3 Å². The number of aliphatic carboxylic acids is 1. The molecule has 50 heavy (non-hydrogen) atoms. The molecule has 1 saturated carbocycles. The Morgan fingerprint density at radius 2 is 1.40 bits per heavy atom. The van der Waals surface area contributed by atoms with Crippen molar-refractivity contribution in [3.63, 3.8) is 0 Å². The Balaban J connectivity index is 0.00000103. The van der Waals surface area contributed by atoms with Gasteiger partial charge in [-0.3, -0.25) is 9.69 Å². The van der Waals surface area contributed by atoms with Crippen LogP contribution >= 0.6 is 0 Å². The number of nitrogens with two attached hydrogens (primary N) is 1. The number of carbonyl (C=O) groups is 1. The summed E-state index contributed by atoms with van der Waals surface area (Å²) < 4.78 is 31.8. The molecular weight excluding hydrogens is 653 g/mol. The fourth-order valence-electron chi connectivity index (χ4n) is 6.94. The molecule has 13 heteroatoms. The van der Waals surface area contributed by atoms with Gasteiger partial charge >= 0.3 is 0 Å². The summed E-state index contributed by atoms with van der Waals surface area (Å²) in [6.45, 7) is 5.62. The zero-order valence-electron chi connectivity index (χ0n) is 28.4. The summed E-state index contributed by atoms with van der Waals surface area (Å²) in [6.07, 6.45) is 5.87. The van der Waals surface area contributed by atoms with Gasteiger partial charge in [0.05, 0.1) is 22.4 Å². The minimum Gasteiger partial charge on any atom is -0.481 e. The van der Waals surface area contributed by atoms with Crippen LogP contribution in [0.3, 0.4) is 0 Å². The van der Waals surface area contributed by atoms with E-state index in [0.29, 0.717) is 11.9 Å². The van der Waals surface area contributed by atoms with E-state index in [9.17, 15) is 8.42 Å². The molecule has 262 valence electrons. The van der Waals surface area contributed by atoms with Gasteiger partial charge in [0.1, 0.15) is 17.8 Å². The van der Waals surface area contributed by atoms with Gasteiger partial charge in [-0.1, -0.05) is 72.8 Å². The number of fused-ring (bicyclic) bond motifs is 1. The first-order valence-electron chi connectivity index (χ1n) is 16.9. The molecular formula is C37H44N8O4S. The van der Waals surface area contributed by atoms with Crippen molar-refractivity contribution in [3.05, 3.63) is 102 Å². The maximum atomic E-state index is 13.4. The first kappa shape index (κ1) is 35.1. The largest absolute Gasteiger partial charge is 0.481 e. The summed E-state index contributed by atoms with van der Waals surface area (Å²) in [5, 5.41) is 13.3. The molecule has 4 N–H and O–H groups in total. The molecule has 2 aromatic heterocycles. The van der Waals surface area contributed by atoms with E-state index in [4.69, 9.17) is 20.7 Å². The monoisotopic (exact) mass is 696 g/mol. The van der Waals surface area contributed by atoms with E-state index in [1.54, 1.807) is 30.3 Å². The van der Waals surface area contributed by atoms with E-state index in [0.717, 1.165) is 92.2 Å². The predicted octanol–water partition coefficient (Wildman–Crippen LogP) is 4.97. The highest BCUT2D eigenvalue weighted by molar-refractivity contribution is 7.89. The van der Waals surface area contributed by atoms with Crippen molar-refractivity contribution in [2.45, 2.75) is 55.6 Å². The van der Waals surface area contributed by atoms with Gasteiger partial charge in [-0.05, 0) is 56.0 Å². The van der Waals surface area contributed by atoms with Gasteiger partial charge in [0.2, 0.25) is 10.0 Å². The van der Waals surface area contributed by atoms with Gasteiger partial charge in [0.25, 0.3) is 5.97 Å². The molecule has 0 spiro atoms. The first-order valence-corrected chi connectivity index (χ1v) is 18.4. The normalized spacial score (nSPS) is 19.4.